The summed E-state index contributed by atoms with van der Waals surface area (Å²) in [5, 5.41) is 0. The van der Waals surface area contributed by atoms with Gasteiger partial charge in [0.05, 0.1) is 0 Å². The van der Waals surface area contributed by atoms with Crippen molar-refractivity contribution in [3.63, 3.8) is 0 Å². The zero-order valence-electron chi connectivity index (χ0n) is 9.41. The fourth-order valence-electron chi connectivity index (χ4n) is 2.33. The minimum absolute atomic E-state index is 0.398. The molecule has 0 heteroatoms. The predicted octanol–water partition coefficient (Wildman–Crippen LogP) is 4.42. The highest BCUT2D eigenvalue weighted by atomic mass is 14.4. The second kappa shape index (κ2) is 4.69. The van der Waals surface area contributed by atoms with Crippen molar-refractivity contribution in [1.82, 2.24) is 0 Å². The molecule has 0 heterocycles. The van der Waals surface area contributed by atoms with Crippen LogP contribution in [-0.4, -0.2) is 0 Å². The Morgan fingerprint density at radius 3 is 1.67 bits per heavy atom. The van der Waals surface area contributed by atoms with Gasteiger partial charge in [-0.05, 0) is 30.6 Å². The molecular weight excluding hydrogens is 144 g/mol. The molecule has 0 nitrogen and oxygen atoms in total. The summed E-state index contributed by atoms with van der Waals surface area (Å²) in [7, 11) is 0. The molecule has 72 valence electrons. The van der Waals surface area contributed by atoms with Gasteiger partial charge in [-0.2, -0.15) is 0 Å². The van der Waals surface area contributed by atoms with Gasteiger partial charge in [-0.3, -0.25) is 0 Å². The van der Waals surface area contributed by atoms with Crippen LogP contribution in [0.2, 0.25) is 0 Å². The van der Waals surface area contributed by atoms with Gasteiger partial charge < -0.3 is 0 Å². The van der Waals surface area contributed by atoms with Gasteiger partial charge in [0, 0.05) is 0 Å². The van der Waals surface area contributed by atoms with Crippen molar-refractivity contribution < 1.29 is 0 Å². The number of hydrogen-bond acceptors (Lipinski definition) is 0. The maximum absolute atomic E-state index is 4.21. The molecule has 0 aliphatic rings. The lowest BCUT2D eigenvalue weighted by molar-refractivity contribution is 0.220. The van der Waals surface area contributed by atoms with Crippen LogP contribution in [0.25, 0.3) is 0 Å². The van der Waals surface area contributed by atoms with Gasteiger partial charge in [-0.1, -0.05) is 46.8 Å². The lowest BCUT2D eigenvalue weighted by atomic mass is 9.67. The van der Waals surface area contributed by atoms with Crippen molar-refractivity contribution in [1.29, 1.82) is 0 Å². The summed E-state index contributed by atoms with van der Waals surface area (Å²) in [6.07, 6.45) is 3.58. The van der Waals surface area contributed by atoms with E-state index >= 15 is 0 Å². The highest BCUT2D eigenvalue weighted by Crippen LogP contribution is 2.42. The van der Waals surface area contributed by atoms with Crippen LogP contribution >= 0.6 is 0 Å². The standard InChI is InChI=1S/C12H24/c1-7-11(6)12(8-2,9-3)10(4)5/h10H,6-9H2,1-5H3. The molecule has 0 saturated heterocycles. The molecule has 0 aromatic carbocycles. The Morgan fingerprint density at radius 1 is 1.17 bits per heavy atom. The van der Waals surface area contributed by atoms with Crippen LogP contribution in [0.15, 0.2) is 12.2 Å². The largest absolute Gasteiger partial charge is 0.0993 e. The first-order valence-electron chi connectivity index (χ1n) is 5.23. The van der Waals surface area contributed by atoms with Gasteiger partial charge in [0.15, 0.2) is 0 Å². The minimum Gasteiger partial charge on any atom is -0.0993 e. The molecule has 0 radical (unpaired) electrons. The number of hydrogen-bond donors (Lipinski definition) is 0. The van der Waals surface area contributed by atoms with Crippen molar-refractivity contribution in [3.05, 3.63) is 12.2 Å². The summed E-state index contributed by atoms with van der Waals surface area (Å²) in [6.45, 7) is 15.6. The third-order valence-electron chi connectivity index (χ3n) is 3.50. The summed E-state index contributed by atoms with van der Waals surface area (Å²) in [6, 6.07) is 0. The molecule has 0 spiro atoms. The highest BCUT2D eigenvalue weighted by molar-refractivity contribution is 5.10. The minimum atomic E-state index is 0.398. The molecule has 0 amide bonds. The summed E-state index contributed by atoms with van der Waals surface area (Å²) >= 11 is 0. The fourth-order valence-corrected chi connectivity index (χ4v) is 2.33. The second-order valence-electron chi connectivity index (χ2n) is 3.98. The van der Waals surface area contributed by atoms with Crippen molar-refractivity contribution in [2.75, 3.05) is 0 Å². The summed E-state index contributed by atoms with van der Waals surface area (Å²) in [5.41, 5.74) is 1.83. The lowest BCUT2D eigenvalue weighted by Gasteiger charge is -2.38. The summed E-state index contributed by atoms with van der Waals surface area (Å²) < 4.78 is 0. The van der Waals surface area contributed by atoms with E-state index in [1.54, 1.807) is 0 Å². The van der Waals surface area contributed by atoms with E-state index in [1.165, 1.54) is 18.4 Å². The first-order chi connectivity index (χ1) is 5.55. The molecule has 0 aromatic rings. The monoisotopic (exact) mass is 168 g/mol. The van der Waals surface area contributed by atoms with Crippen molar-refractivity contribution in [2.45, 2.75) is 53.9 Å². The Labute approximate surface area is 78.1 Å². The van der Waals surface area contributed by atoms with Gasteiger partial charge in [0.1, 0.15) is 0 Å². The predicted molar refractivity (Wildman–Crippen MR) is 57.3 cm³/mol. The average molecular weight is 168 g/mol. The van der Waals surface area contributed by atoms with Crippen LogP contribution < -0.4 is 0 Å². The maximum Gasteiger partial charge on any atom is -0.00731 e. The zero-order valence-corrected chi connectivity index (χ0v) is 9.41. The Balaban J connectivity index is 4.69. The fraction of sp³-hybridized carbons (Fsp3) is 0.833. The molecular formula is C12H24. The Bertz CT molecular complexity index is 138. The molecule has 0 aliphatic heterocycles. The average Bonchev–Trinajstić information content (AvgIpc) is 2.06. The van der Waals surface area contributed by atoms with Crippen LogP contribution in [0.1, 0.15) is 53.9 Å². The van der Waals surface area contributed by atoms with E-state index in [0.717, 1.165) is 12.3 Å². The van der Waals surface area contributed by atoms with E-state index < -0.39 is 0 Å². The van der Waals surface area contributed by atoms with Crippen molar-refractivity contribution in [2.24, 2.45) is 11.3 Å². The van der Waals surface area contributed by atoms with Gasteiger partial charge in [0.25, 0.3) is 0 Å². The van der Waals surface area contributed by atoms with Crippen LogP contribution in [0, 0.1) is 11.3 Å². The third-order valence-corrected chi connectivity index (χ3v) is 3.50. The van der Waals surface area contributed by atoms with Crippen molar-refractivity contribution >= 4 is 0 Å². The normalized spacial score (nSPS) is 12.2. The number of allylic oxidation sites excluding steroid dienone is 1. The topological polar surface area (TPSA) is 0 Å². The smallest absolute Gasteiger partial charge is 0.00731 e. The molecule has 0 aliphatic carbocycles. The molecule has 0 rings (SSSR count). The molecule has 0 fully saturated rings. The van der Waals surface area contributed by atoms with E-state index in [9.17, 15) is 0 Å². The van der Waals surface area contributed by atoms with E-state index in [0.29, 0.717) is 5.41 Å². The van der Waals surface area contributed by atoms with Crippen LogP contribution in [0.4, 0.5) is 0 Å². The SMILES string of the molecule is C=C(CC)C(CC)(CC)C(C)C. The van der Waals surface area contributed by atoms with E-state index in [4.69, 9.17) is 0 Å². The molecule has 0 aromatic heterocycles. The van der Waals surface area contributed by atoms with Crippen LogP contribution in [0.5, 0.6) is 0 Å². The molecule has 0 atom stereocenters. The number of rotatable bonds is 5. The molecule has 0 saturated carbocycles. The van der Waals surface area contributed by atoms with E-state index in [2.05, 4.69) is 41.2 Å². The van der Waals surface area contributed by atoms with Gasteiger partial charge >= 0.3 is 0 Å². The Hall–Kier alpha value is -0.260. The highest BCUT2D eigenvalue weighted by Gasteiger charge is 2.31. The molecule has 0 bridgehead atoms. The zero-order chi connectivity index (χ0) is 9.78. The van der Waals surface area contributed by atoms with E-state index in [-0.39, 0.29) is 0 Å². The maximum atomic E-state index is 4.21. The Morgan fingerprint density at radius 2 is 1.58 bits per heavy atom. The second-order valence-corrected chi connectivity index (χ2v) is 3.98. The van der Waals surface area contributed by atoms with E-state index in [1.807, 2.05) is 0 Å². The summed E-state index contributed by atoms with van der Waals surface area (Å²) in [5.74, 6) is 0.722. The van der Waals surface area contributed by atoms with Crippen LogP contribution in [0.3, 0.4) is 0 Å². The summed E-state index contributed by atoms with van der Waals surface area (Å²) in [4.78, 5) is 0. The Kier molecular flexibility index (Phi) is 4.59. The van der Waals surface area contributed by atoms with Crippen molar-refractivity contribution in [3.8, 4) is 0 Å². The van der Waals surface area contributed by atoms with Gasteiger partial charge in [-0.25, -0.2) is 0 Å². The molecule has 12 heavy (non-hydrogen) atoms. The van der Waals surface area contributed by atoms with Gasteiger partial charge in [0.2, 0.25) is 0 Å². The first kappa shape index (κ1) is 11.7. The first-order valence-corrected chi connectivity index (χ1v) is 5.23. The van der Waals surface area contributed by atoms with Crippen LogP contribution in [-0.2, 0) is 0 Å². The quantitative estimate of drug-likeness (QED) is 0.533. The molecule has 0 unspecified atom stereocenters. The lowest BCUT2D eigenvalue weighted by Crippen LogP contribution is -2.27. The van der Waals surface area contributed by atoms with Gasteiger partial charge in [-0.15, -0.1) is 0 Å². The third kappa shape index (κ3) is 1.91. The molecule has 0 N–H and O–H groups in total.